The molecule has 1 saturated heterocycles. The van der Waals surface area contributed by atoms with Crippen LogP contribution in [0.15, 0.2) is 12.1 Å². The molecule has 8 heteroatoms. The van der Waals surface area contributed by atoms with Gasteiger partial charge in [-0.25, -0.2) is 8.42 Å². The maximum Gasteiger partial charge on any atom is 0.272 e. The second-order valence-corrected chi connectivity index (χ2v) is 7.74. The van der Waals surface area contributed by atoms with E-state index in [1.807, 2.05) is 0 Å². The summed E-state index contributed by atoms with van der Waals surface area (Å²) in [5, 5.41) is 13.7. The number of rotatable bonds is 7. The van der Waals surface area contributed by atoms with Crippen molar-refractivity contribution in [2.24, 2.45) is 0 Å². The zero-order valence-electron chi connectivity index (χ0n) is 12.7. The fraction of sp³-hybridized carbons (Fsp3) is 0.643. The van der Waals surface area contributed by atoms with E-state index in [0.29, 0.717) is 12.2 Å². The lowest BCUT2D eigenvalue weighted by Gasteiger charge is -2.10. The monoisotopic (exact) mass is 326 g/mol. The van der Waals surface area contributed by atoms with Gasteiger partial charge in [-0.05, 0) is 25.0 Å². The molecule has 2 N–H and O–H groups in total. The first kappa shape index (κ1) is 16.7. The molecule has 7 nitrogen and oxygen atoms in total. The highest BCUT2D eigenvalue weighted by Gasteiger charge is 2.29. The van der Waals surface area contributed by atoms with Crippen molar-refractivity contribution < 1.29 is 13.2 Å². The van der Waals surface area contributed by atoms with Gasteiger partial charge in [0.05, 0.1) is 11.5 Å². The van der Waals surface area contributed by atoms with Crippen molar-refractivity contribution in [3.63, 3.8) is 0 Å². The summed E-state index contributed by atoms with van der Waals surface area (Å²) >= 11 is 0. The van der Waals surface area contributed by atoms with Gasteiger partial charge in [0.2, 0.25) is 0 Å². The molecule has 1 unspecified atom stereocenters. The smallest absolute Gasteiger partial charge is 0.272 e. The van der Waals surface area contributed by atoms with Crippen LogP contribution in [-0.4, -0.2) is 48.6 Å². The van der Waals surface area contributed by atoms with Crippen LogP contribution >= 0.6 is 0 Å². The van der Waals surface area contributed by atoms with Gasteiger partial charge in [-0.15, -0.1) is 10.2 Å². The van der Waals surface area contributed by atoms with Crippen LogP contribution in [0.5, 0.6) is 0 Å². The summed E-state index contributed by atoms with van der Waals surface area (Å²) in [5.74, 6) is 0.385. The van der Waals surface area contributed by atoms with Crippen LogP contribution in [0.4, 0.5) is 5.82 Å². The van der Waals surface area contributed by atoms with E-state index >= 15 is 0 Å². The number of carbonyl (C=O) groups is 1. The molecular formula is C14H22N4O3S. The minimum atomic E-state index is -3.01. The molecule has 1 fully saturated rings. The Hall–Kier alpha value is -1.70. The molecule has 22 heavy (non-hydrogen) atoms. The van der Waals surface area contributed by atoms with E-state index in [4.69, 9.17) is 0 Å². The molecule has 1 aliphatic heterocycles. The van der Waals surface area contributed by atoms with Crippen molar-refractivity contribution in [1.82, 2.24) is 15.5 Å². The van der Waals surface area contributed by atoms with Crippen molar-refractivity contribution in [3.05, 3.63) is 17.8 Å². The van der Waals surface area contributed by atoms with Gasteiger partial charge in [0.1, 0.15) is 5.82 Å². The molecular weight excluding hydrogens is 304 g/mol. The molecule has 1 aliphatic rings. The number of unbranched alkanes of at least 4 members (excludes halogenated alkanes) is 2. The quantitative estimate of drug-likeness (QED) is 0.725. The lowest BCUT2D eigenvalue weighted by molar-refractivity contribution is 0.0935. The molecule has 0 radical (unpaired) electrons. The fourth-order valence-electron chi connectivity index (χ4n) is 2.31. The number of anilines is 1. The van der Waals surface area contributed by atoms with Crippen molar-refractivity contribution in [3.8, 4) is 0 Å². The summed E-state index contributed by atoms with van der Waals surface area (Å²) in [6.45, 7) is 2.97. The number of sulfone groups is 1. The summed E-state index contributed by atoms with van der Waals surface area (Å²) in [4.78, 5) is 12.0. The van der Waals surface area contributed by atoms with Crippen LogP contribution in [0.3, 0.4) is 0 Å². The number of nitrogens with zero attached hydrogens (tertiary/aromatic N) is 2. The van der Waals surface area contributed by atoms with E-state index in [-0.39, 0.29) is 29.1 Å². The molecule has 2 rings (SSSR count). The summed E-state index contributed by atoms with van der Waals surface area (Å²) < 4.78 is 22.7. The minimum absolute atomic E-state index is 0.00321. The summed E-state index contributed by atoms with van der Waals surface area (Å²) in [6, 6.07) is 2.97. The van der Waals surface area contributed by atoms with Gasteiger partial charge in [0.25, 0.3) is 5.91 Å². The second-order valence-electron chi connectivity index (χ2n) is 5.51. The zero-order valence-corrected chi connectivity index (χ0v) is 13.5. The SMILES string of the molecule is CCCCCNc1ccc(C(=O)NC2CCS(=O)(=O)C2)nn1. The third-order valence-corrected chi connectivity index (χ3v) is 5.32. The highest BCUT2D eigenvalue weighted by molar-refractivity contribution is 7.91. The highest BCUT2D eigenvalue weighted by atomic mass is 32.2. The molecule has 122 valence electrons. The van der Waals surface area contributed by atoms with E-state index in [1.54, 1.807) is 12.1 Å². The average molecular weight is 326 g/mol. The second kappa shape index (κ2) is 7.53. The lowest BCUT2D eigenvalue weighted by Crippen LogP contribution is -2.36. The third kappa shape index (κ3) is 4.94. The molecule has 0 saturated carbocycles. The number of aromatic nitrogens is 2. The summed E-state index contributed by atoms with van der Waals surface area (Å²) in [7, 11) is -3.01. The molecule has 0 spiro atoms. The number of hydrogen-bond donors (Lipinski definition) is 2. The Balaban J connectivity index is 1.83. The summed E-state index contributed by atoms with van der Waals surface area (Å²) in [6.07, 6.45) is 3.84. The first-order chi connectivity index (χ1) is 10.5. The summed E-state index contributed by atoms with van der Waals surface area (Å²) in [5.41, 5.74) is 0.198. The number of hydrogen-bond acceptors (Lipinski definition) is 6. The van der Waals surface area contributed by atoms with E-state index < -0.39 is 9.84 Å². The average Bonchev–Trinajstić information content (AvgIpc) is 2.83. The first-order valence-corrected chi connectivity index (χ1v) is 9.41. The van der Waals surface area contributed by atoms with Crippen LogP contribution in [0, 0.1) is 0 Å². The number of carbonyl (C=O) groups excluding carboxylic acids is 1. The van der Waals surface area contributed by atoms with E-state index in [1.165, 1.54) is 0 Å². The molecule has 1 amide bonds. The Kier molecular flexibility index (Phi) is 5.70. The maximum atomic E-state index is 12.0. The van der Waals surface area contributed by atoms with Crippen molar-refractivity contribution in [1.29, 1.82) is 0 Å². The standard InChI is InChI=1S/C14H22N4O3S/c1-2-3-4-8-15-13-6-5-12(17-18-13)14(19)16-11-7-9-22(20,21)10-11/h5-6,11H,2-4,7-10H2,1H3,(H,15,18)(H,16,19). The van der Waals surface area contributed by atoms with Gasteiger partial charge < -0.3 is 10.6 Å². The van der Waals surface area contributed by atoms with Gasteiger partial charge in [-0.2, -0.15) is 0 Å². The zero-order chi connectivity index (χ0) is 16.0. The Morgan fingerprint density at radius 2 is 2.14 bits per heavy atom. The van der Waals surface area contributed by atoms with Gasteiger partial charge in [0.15, 0.2) is 15.5 Å². The van der Waals surface area contributed by atoms with Gasteiger partial charge in [-0.1, -0.05) is 19.8 Å². The fourth-order valence-corrected chi connectivity index (χ4v) is 3.98. The van der Waals surface area contributed by atoms with Gasteiger partial charge in [0, 0.05) is 12.6 Å². The Morgan fingerprint density at radius 3 is 2.73 bits per heavy atom. The molecule has 0 aliphatic carbocycles. The van der Waals surface area contributed by atoms with Crippen LogP contribution in [0.1, 0.15) is 43.1 Å². The minimum Gasteiger partial charge on any atom is -0.369 e. The molecule has 0 bridgehead atoms. The van der Waals surface area contributed by atoms with Crippen LogP contribution < -0.4 is 10.6 Å². The van der Waals surface area contributed by atoms with Crippen LogP contribution in [0.25, 0.3) is 0 Å². The maximum absolute atomic E-state index is 12.0. The molecule has 0 aromatic carbocycles. The first-order valence-electron chi connectivity index (χ1n) is 7.59. The van der Waals surface area contributed by atoms with Crippen LogP contribution in [-0.2, 0) is 9.84 Å². The van der Waals surface area contributed by atoms with Crippen molar-refractivity contribution >= 4 is 21.6 Å². The molecule has 2 heterocycles. The van der Waals surface area contributed by atoms with Crippen molar-refractivity contribution in [2.45, 2.75) is 38.6 Å². The Bertz CT molecular complexity index is 601. The van der Waals surface area contributed by atoms with Gasteiger partial charge >= 0.3 is 0 Å². The van der Waals surface area contributed by atoms with Crippen molar-refractivity contribution in [2.75, 3.05) is 23.4 Å². The molecule has 1 atom stereocenters. The van der Waals surface area contributed by atoms with Crippen LogP contribution in [0.2, 0.25) is 0 Å². The van der Waals surface area contributed by atoms with E-state index in [2.05, 4.69) is 27.8 Å². The molecule has 1 aromatic heterocycles. The largest absolute Gasteiger partial charge is 0.369 e. The Morgan fingerprint density at radius 1 is 1.32 bits per heavy atom. The van der Waals surface area contributed by atoms with Gasteiger partial charge in [-0.3, -0.25) is 4.79 Å². The lowest BCUT2D eigenvalue weighted by atomic mass is 10.2. The highest BCUT2D eigenvalue weighted by Crippen LogP contribution is 2.12. The number of amides is 1. The Labute approximate surface area is 130 Å². The van der Waals surface area contributed by atoms with E-state index in [9.17, 15) is 13.2 Å². The topological polar surface area (TPSA) is 101 Å². The predicted octanol–water partition coefficient (Wildman–Crippen LogP) is 0.996. The predicted molar refractivity (Wildman–Crippen MR) is 84.6 cm³/mol. The molecule has 1 aromatic rings. The third-order valence-electron chi connectivity index (χ3n) is 3.55. The van der Waals surface area contributed by atoms with E-state index in [0.717, 1.165) is 25.8 Å². The number of nitrogens with one attached hydrogen (secondary N) is 2. The normalized spacial score (nSPS) is 19.8.